The van der Waals surface area contributed by atoms with Crippen LogP contribution in [0.5, 0.6) is 0 Å². The molecule has 49 heavy (non-hydrogen) atoms. The molecule has 0 saturated heterocycles. The van der Waals surface area contributed by atoms with Crippen molar-refractivity contribution >= 4 is 81.6 Å². The summed E-state index contributed by atoms with van der Waals surface area (Å²) in [6.07, 6.45) is 7.90. The minimum atomic E-state index is 0. The van der Waals surface area contributed by atoms with Gasteiger partial charge in [0.15, 0.2) is 36.4 Å². The van der Waals surface area contributed by atoms with Crippen LogP contribution in [0, 0.1) is 0 Å². The summed E-state index contributed by atoms with van der Waals surface area (Å²) in [4.78, 5) is 40.0. The van der Waals surface area contributed by atoms with Gasteiger partial charge in [-0.2, -0.15) is 9.13 Å². The average Bonchev–Trinajstić information content (AvgIpc) is 3.78. The van der Waals surface area contributed by atoms with Gasteiger partial charge in [-0.15, -0.1) is 0 Å². The first-order valence-corrected chi connectivity index (χ1v) is 27.0. The van der Waals surface area contributed by atoms with Crippen molar-refractivity contribution in [3.63, 3.8) is 0 Å². The Morgan fingerprint density at radius 1 is 0.510 bits per heavy atom. The Labute approximate surface area is 321 Å². The third-order valence-electron chi connectivity index (χ3n) is 8.23. The van der Waals surface area contributed by atoms with Crippen molar-refractivity contribution in [1.29, 1.82) is 0 Å². The minimum absolute atomic E-state index is 0. The molecule has 7 aromatic heterocycles. The molecule has 0 aliphatic carbocycles. The fourth-order valence-electron chi connectivity index (χ4n) is 6.19. The summed E-state index contributed by atoms with van der Waals surface area (Å²) >= 11 is 5.30. The number of nitrogens with zero attached hydrogens (tertiary/aromatic N) is 12. The van der Waals surface area contributed by atoms with E-state index in [9.17, 15) is 0 Å². The number of fused-ring (bicyclic) bond motifs is 20. The van der Waals surface area contributed by atoms with Crippen molar-refractivity contribution in [2.75, 3.05) is 0 Å². The van der Waals surface area contributed by atoms with Crippen LogP contribution < -0.4 is 41.5 Å². The van der Waals surface area contributed by atoms with Crippen molar-refractivity contribution < 1.29 is 48.6 Å². The Bertz CT molecular complexity index is 2430. The third kappa shape index (κ3) is 5.97. The van der Waals surface area contributed by atoms with Gasteiger partial charge in [-0.3, -0.25) is 0 Å². The SMILES string of the molecule is C.C[n+]1cccc2c1-c1nc-2nc2[n-]c(nc3nc(nc4[n-]c(n1)c1ccc[n+](C)c41)-c1ccc[n+](C)c1-3)c1ccc[n+](C)c21.I[I-]I.[Mn+2]. The van der Waals surface area contributed by atoms with E-state index < -0.39 is 0 Å². The zero-order valence-electron chi connectivity index (χ0n) is 25.8. The standard InChI is InChI=1S/C32H24N12.CH4.I3.Mn/c1-41-13-5-9-17-21(41)29-33-25(17)38-30-23-19(11-7-15-43(23)3)27(35-30)40-32-24-20(12-8-16-44(24)4)28(36-32)39-31-22-18(26(34-31)37-29)10-6-14-42(22)2;;1-3-2;/h5-16H,1-4H3;1H4;;/q+2;;-1;+2. The molecule has 9 heterocycles. The van der Waals surface area contributed by atoms with Crippen molar-refractivity contribution in [1.82, 2.24) is 39.9 Å². The fourth-order valence-corrected chi connectivity index (χ4v) is 6.19. The Morgan fingerprint density at radius 3 is 1.27 bits per heavy atom. The molecule has 0 aromatic carbocycles. The fraction of sp³-hybridized carbons (Fsp3) is 0.152. The van der Waals surface area contributed by atoms with Crippen molar-refractivity contribution in [2.24, 2.45) is 28.2 Å². The number of aryl methyl sites for hydroxylation is 4. The van der Waals surface area contributed by atoms with Crippen molar-refractivity contribution in [3.8, 4) is 45.8 Å². The van der Waals surface area contributed by atoms with Crippen LogP contribution in [-0.4, -0.2) is 29.9 Å². The molecule has 1 radical (unpaired) electrons. The molecule has 0 spiro atoms. The van der Waals surface area contributed by atoms with E-state index in [1.54, 1.807) is 0 Å². The normalized spacial score (nSPS) is 11.3. The Balaban J connectivity index is 0.000000806. The molecule has 0 N–H and O–H groups in total. The van der Waals surface area contributed by atoms with Crippen LogP contribution >= 0.6 is 37.2 Å². The van der Waals surface area contributed by atoms with E-state index in [4.69, 9.17) is 39.9 Å². The second kappa shape index (κ2) is 14.1. The summed E-state index contributed by atoms with van der Waals surface area (Å²) in [6, 6.07) is 15.9. The molecule has 12 nitrogen and oxygen atoms in total. The monoisotopic (exact) mass is 1030 g/mol. The number of hydrogen-bond donors (Lipinski definition) is 0. The zero-order valence-corrected chi connectivity index (χ0v) is 33.5. The zero-order chi connectivity index (χ0) is 32.4. The van der Waals surface area contributed by atoms with E-state index in [0.717, 1.165) is 44.3 Å². The van der Waals surface area contributed by atoms with Crippen LogP contribution in [0.4, 0.5) is 0 Å². The molecule has 0 saturated carbocycles. The second-order valence-electron chi connectivity index (χ2n) is 11.1. The molecule has 7 aromatic rings. The van der Waals surface area contributed by atoms with E-state index in [1.807, 2.05) is 120 Å². The van der Waals surface area contributed by atoms with Gasteiger partial charge < -0.3 is 29.9 Å². The number of halogens is 3. The van der Waals surface area contributed by atoms with Gasteiger partial charge in [0.05, 0.1) is 44.8 Å². The van der Waals surface area contributed by atoms with Crippen molar-refractivity contribution in [2.45, 2.75) is 7.43 Å². The molecule has 8 bridgehead atoms. The Hall–Kier alpha value is -3.33. The van der Waals surface area contributed by atoms with Gasteiger partial charge in [-0.25, -0.2) is 19.1 Å². The predicted octanol–water partition coefficient (Wildman–Crippen LogP) is 0.834. The third-order valence-corrected chi connectivity index (χ3v) is 8.23. The first kappa shape index (κ1) is 35.5. The first-order chi connectivity index (χ1) is 22.9. The number of hydrogen-bond acceptors (Lipinski definition) is 6. The van der Waals surface area contributed by atoms with Gasteiger partial charge in [0, 0.05) is 35.6 Å². The van der Waals surface area contributed by atoms with Gasteiger partial charge in [0.25, 0.3) is 0 Å². The maximum Gasteiger partial charge on any atom is 2.00 e. The Kier molecular flexibility index (Phi) is 10.2. The van der Waals surface area contributed by atoms with Gasteiger partial charge in [0.2, 0.25) is 22.4 Å². The van der Waals surface area contributed by atoms with Crippen LogP contribution in [0.15, 0.2) is 73.3 Å². The largest absolute Gasteiger partial charge is 2.00 e. The van der Waals surface area contributed by atoms with Gasteiger partial charge >= 0.3 is 67.6 Å². The molecule has 16 heteroatoms. The number of rotatable bonds is 0. The first-order valence-electron chi connectivity index (χ1n) is 14.4. The molecule has 9 rings (SSSR count). The summed E-state index contributed by atoms with van der Waals surface area (Å²) in [6.45, 7) is 0. The van der Waals surface area contributed by atoms with E-state index in [2.05, 4.69) is 37.2 Å². The van der Waals surface area contributed by atoms with Gasteiger partial charge in [0.1, 0.15) is 28.2 Å². The van der Waals surface area contributed by atoms with Crippen LogP contribution in [0.1, 0.15) is 7.43 Å². The van der Waals surface area contributed by atoms with Gasteiger partial charge in [-0.1, -0.05) is 7.43 Å². The summed E-state index contributed by atoms with van der Waals surface area (Å²) < 4.78 is 8.01. The molecular formula is C33H28I3MnN12+3. The molecule has 0 fully saturated rings. The molecule has 2 aliphatic rings. The molecule has 0 amide bonds. The topological polar surface area (TPSA) is 121 Å². The second-order valence-corrected chi connectivity index (χ2v) is 27.3. The maximum absolute atomic E-state index is 5.04. The summed E-state index contributed by atoms with van der Waals surface area (Å²) in [5.41, 5.74) is 7.17. The van der Waals surface area contributed by atoms with E-state index in [0.29, 0.717) is 59.1 Å². The molecule has 0 atom stereocenters. The van der Waals surface area contributed by atoms with E-state index >= 15 is 0 Å². The molecule has 245 valence electrons. The Morgan fingerprint density at radius 2 is 0.857 bits per heavy atom. The summed E-state index contributed by atoms with van der Waals surface area (Å²) in [5, 5.41) is 1.72. The quantitative estimate of drug-likeness (QED) is 0.125. The number of aromatic nitrogens is 12. The summed E-state index contributed by atoms with van der Waals surface area (Å²) in [7, 11) is 7.90. The minimum Gasteiger partial charge on any atom is 2.00 e. The molecular weight excluding hydrogens is 1000 g/mol. The molecule has 2 aliphatic heterocycles. The number of pyridine rings is 4. The maximum atomic E-state index is 5.04. The van der Waals surface area contributed by atoms with E-state index in [1.165, 1.54) is 0 Å². The summed E-state index contributed by atoms with van der Waals surface area (Å²) in [5.74, 6) is 2.08. The van der Waals surface area contributed by atoms with Crippen LogP contribution in [0.25, 0.3) is 90.2 Å². The van der Waals surface area contributed by atoms with Gasteiger partial charge in [-0.05, 0) is 24.3 Å². The molecule has 0 unspecified atom stereocenters. The van der Waals surface area contributed by atoms with Crippen LogP contribution in [0.2, 0.25) is 0 Å². The smallest absolute Gasteiger partial charge is 2.00 e. The van der Waals surface area contributed by atoms with Crippen LogP contribution in [0.3, 0.4) is 0 Å². The van der Waals surface area contributed by atoms with Crippen molar-refractivity contribution in [3.05, 3.63) is 73.3 Å². The van der Waals surface area contributed by atoms with E-state index in [-0.39, 0.29) is 24.5 Å². The predicted molar refractivity (Wildman–Crippen MR) is 193 cm³/mol. The average molecular weight is 1030 g/mol. The van der Waals surface area contributed by atoms with Crippen LogP contribution in [-0.2, 0) is 45.3 Å².